The molecule has 0 saturated carbocycles. The molecule has 1 heterocycles. The molecule has 1 saturated heterocycles. The molecular weight excluding hydrogens is 338 g/mol. The van der Waals surface area contributed by atoms with Gasteiger partial charge in [0.15, 0.2) is 0 Å². The van der Waals surface area contributed by atoms with Gasteiger partial charge in [-0.2, -0.15) is 0 Å². The summed E-state index contributed by atoms with van der Waals surface area (Å²) in [7, 11) is 0. The molecule has 1 aliphatic rings. The van der Waals surface area contributed by atoms with Gasteiger partial charge >= 0.3 is 5.97 Å². The first-order chi connectivity index (χ1) is 6.97. The van der Waals surface area contributed by atoms with Gasteiger partial charge in [0.1, 0.15) is 10.9 Å². The van der Waals surface area contributed by atoms with Crippen molar-refractivity contribution in [1.82, 2.24) is 5.06 Å². The first kappa shape index (κ1) is 12.6. The number of hydroxylamine groups is 2. The van der Waals surface area contributed by atoms with Crippen LogP contribution in [0.4, 0.5) is 0 Å². The number of hydrogen-bond acceptors (Lipinski definition) is 5. The largest absolute Gasteiger partial charge is 0.383 e. The van der Waals surface area contributed by atoms with Crippen molar-refractivity contribution in [3.63, 3.8) is 0 Å². The van der Waals surface area contributed by atoms with Gasteiger partial charge in [-0.15, -0.1) is 0 Å². The van der Waals surface area contributed by atoms with Gasteiger partial charge < -0.3 is 9.94 Å². The number of imide groups is 1. The highest BCUT2D eigenvalue weighted by molar-refractivity contribution is 9.12. The molecule has 15 heavy (non-hydrogen) atoms. The van der Waals surface area contributed by atoms with E-state index in [0.29, 0.717) is 5.06 Å². The average Bonchev–Trinajstić information content (AvgIpc) is 2.43. The van der Waals surface area contributed by atoms with Crippen LogP contribution in [-0.2, 0) is 19.2 Å². The second-order valence-corrected chi connectivity index (χ2v) is 4.53. The number of carbonyl (C=O) groups excluding carboxylic acids is 3. The summed E-state index contributed by atoms with van der Waals surface area (Å²) in [4.78, 5) is 37.3. The quantitative estimate of drug-likeness (QED) is 0.562. The molecule has 0 radical (unpaired) electrons. The summed E-state index contributed by atoms with van der Waals surface area (Å²) in [5.41, 5.74) is 0. The number of aliphatic hydroxyl groups is 1. The Labute approximate surface area is 102 Å². The van der Waals surface area contributed by atoms with E-state index in [2.05, 4.69) is 36.7 Å². The standard InChI is InChI=1S/C7H7Br2NO5/c8-2-3(9)7(14)15-10-5(12)1-4(11)6(10)13/h3-4,11H,1-2H2. The summed E-state index contributed by atoms with van der Waals surface area (Å²) >= 11 is 5.99. The first-order valence-corrected chi connectivity index (χ1v) is 5.97. The maximum atomic E-state index is 11.2. The van der Waals surface area contributed by atoms with Gasteiger partial charge in [0, 0.05) is 5.33 Å². The molecule has 1 rings (SSSR count). The van der Waals surface area contributed by atoms with Crippen molar-refractivity contribution in [2.75, 3.05) is 5.33 Å². The molecule has 0 bridgehead atoms. The number of hydrogen-bond donors (Lipinski definition) is 1. The van der Waals surface area contributed by atoms with Gasteiger partial charge in [-0.25, -0.2) is 4.79 Å². The van der Waals surface area contributed by atoms with Crippen molar-refractivity contribution in [1.29, 1.82) is 0 Å². The van der Waals surface area contributed by atoms with Crippen LogP contribution < -0.4 is 0 Å². The molecule has 0 aromatic carbocycles. The molecule has 8 heteroatoms. The molecule has 0 spiro atoms. The molecule has 2 atom stereocenters. The number of alkyl halides is 2. The molecule has 1 N–H and O–H groups in total. The summed E-state index contributed by atoms with van der Waals surface area (Å²) in [6, 6.07) is 0. The summed E-state index contributed by atoms with van der Waals surface area (Å²) in [6.07, 6.45) is -1.77. The van der Waals surface area contributed by atoms with Gasteiger partial charge in [-0.1, -0.05) is 36.9 Å². The average molecular weight is 345 g/mol. The second kappa shape index (κ2) is 5.04. The van der Waals surface area contributed by atoms with Crippen LogP contribution in [0.2, 0.25) is 0 Å². The topological polar surface area (TPSA) is 83.9 Å². The van der Waals surface area contributed by atoms with Crippen LogP contribution in [0.1, 0.15) is 6.42 Å². The van der Waals surface area contributed by atoms with Crippen LogP contribution in [0, 0.1) is 0 Å². The van der Waals surface area contributed by atoms with Crippen molar-refractivity contribution in [3.8, 4) is 0 Å². The summed E-state index contributed by atoms with van der Waals surface area (Å²) in [5, 5.41) is 9.60. The van der Waals surface area contributed by atoms with E-state index in [0.717, 1.165) is 0 Å². The molecule has 0 aromatic heterocycles. The summed E-state index contributed by atoms with van der Waals surface area (Å²) in [5.74, 6) is -2.42. The fourth-order valence-corrected chi connectivity index (χ4v) is 1.25. The molecular formula is C7H7Br2NO5. The predicted molar refractivity (Wildman–Crippen MR) is 55.1 cm³/mol. The third-order valence-corrected chi connectivity index (χ3v) is 3.87. The zero-order valence-electron chi connectivity index (χ0n) is 7.35. The molecule has 0 aliphatic carbocycles. The van der Waals surface area contributed by atoms with E-state index in [1.54, 1.807) is 0 Å². The molecule has 2 amide bonds. The van der Waals surface area contributed by atoms with Crippen molar-refractivity contribution in [2.24, 2.45) is 0 Å². The smallest absolute Gasteiger partial charge is 0.347 e. The fourth-order valence-electron chi connectivity index (χ4n) is 0.900. The minimum absolute atomic E-state index is 0.282. The molecule has 1 fully saturated rings. The van der Waals surface area contributed by atoms with Crippen LogP contribution in [0.5, 0.6) is 0 Å². The van der Waals surface area contributed by atoms with Gasteiger partial charge in [0.2, 0.25) is 0 Å². The number of halogens is 2. The van der Waals surface area contributed by atoms with Crippen LogP contribution in [0.3, 0.4) is 0 Å². The van der Waals surface area contributed by atoms with Crippen molar-refractivity contribution in [2.45, 2.75) is 17.4 Å². The predicted octanol–water partition coefficient (Wildman–Crippen LogP) is -0.277. The van der Waals surface area contributed by atoms with Gasteiger partial charge in [-0.05, 0) is 0 Å². The number of carbonyl (C=O) groups is 3. The zero-order chi connectivity index (χ0) is 11.6. The lowest BCUT2D eigenvalue weighted by Crippen LogP contribution is -2.37. The van der Waals surface area contributed by atoms with E-state index in [1.807, 2.05) is 0 Å². The van der Waals surface area contributed by atoms with E-state index in [9.17, 15) is 14.4 Å². The fraction of sp³-hybridized carbons (Fsp3) is 0.571. The normalized spacial score (nSPS) is 23.1. The maximum absolute atomic E-state index is 11.2. The summed E-state index contributed by atoms with van der Waals surface area (Å²) in [6.45, 7) is 0. The van der Waals surface area contributed by atoms with Crippen molar-refractivity contribution < 1.29 is 24.3 Å². The first-order valence-electron chi connectivity index (χ1n) is 3.94. The monoisotopic (exact) mass is 343 g/mol. The van der Waals surface area contributed by atoms with Crippen LogP contribution in [0.15, 0.2) is 0 Å². The Morgan fingerprint density at radius 3 is 2.67 bits per heavy atom. The lowest BCUT2D eigenvalue weighted by molar-refractivity contribution is -0.198. The molecule has 84 valence electrons. The Bertz CT molecular complexity index is 308. The Morgan fingerprint density at radius 1 is 1.67 bits per heavy atom. The zero-order valence-corrected chi connectivity index (χ0v) is 10.5. The van der Waals surface area contributed by atoms with Crippen molar-refractivity contribution in [3.05, 3.63) is 0 Å². The molecule has 6 nitrogen and oxygen atoms in total. The highest BCUT2D eigenvalue weighted by atomic mass is 79.9. The van der Waals surface area contributed by atoms with E-state index in [1.165, 1.54) is 0 Å². The Kier molecular flexibility index (Phi) is 4.23. The van der Waals surface area contributed by atoms with Crippen LogP contribution in [-0.4, -0.2) is 44.2 Å². The van der Waals surface area contributed by atoms with Crippen molar-refractivity contribution >= 4 is 49.6 Å². The number of nitrogens with zero attached hydrogens (tertiary/aromatic N) is 1. The van der Waals surface area contributed by atoms with Crippen LogP contribution in [0.25, 0.3) is 0 Å². The molecule has 0 aromatic rings. The third-order valence-electron chi connectivity index (χ3n) is 1.65. The lowest BCUT2D eigenvalue weighted by atomic mass is 10.3. The van der Waals surface area contributed by atoms with Gasteiger partial charge in [0.05, 0.1) is 6.42 Å². The minimum Gasteiger partial charge on any atom is -0.383 e. The highest BCUT2D eigenvalue weighted by Crippen LogP contribution is 2.15. The SMILES string of the molecule is O=C(ON1C(=O)CC(O)C1=O)C(Br)CBr. The van der Waals surface area contributed by atoms with Gasteiger partial charge in [0.25, 0.3) is 11.8 Å². The number of aliphatic hydroxyl groups excluding tert-OH is 1. The number of amides is 2. The second-order valence-electron chi connectivity index (χ2n) is 2.78. The van der Waals surface area contributed by atoms with Gasteiger partial charge in [-0.3, -0.25) is 9.59 Å². The Morgan fingerprint density at radius 2 is 2.27 bits per heavy atom. The maximum Gasteiger partial charge on any atom is 0.347 e. The van der Waals surface area contributed by atoms with E-state index in [-0.39, 0.29) is 11.8 Å². The molecule has 2 unspecified atom stereocenters. The Hall–Kier alpha value is -0.470. The Balaban J connectivity index is 2.62. The lowest BCUT2D eigenvalue weighted by Gasteiger charge is -2.14. The van der Waals surface area contributed by atoms with E-state index < -0.39 is 28.7 Å². The third kappa shape index (κ3) is 2.76. The van der Waals surface area contributed by atoms with Crippen LogP contribution >= 0.6 is 31.9 Å². The highest BCUT2D eigenvalue weighted by Gasteiger charge is 2.41. The molecule has 1 aliphatic heterocycles. The minimum atomic E-state index is -1.41. The van der Waals surface area contributed by atoms with E-state index in [4.69, 9.17) is 5.11 Å². The number of rotatable bonds is 3. The van der Waals surface area contributed by atoms with E-state index >= 15 is 0 Å². The summed E-state index contributed by atoms with van der Waals surface area (Å²) < 4.78 is 0.